The summed E-state index contributed by atoms with van der Waals surface area (Å²) in [6.45, 7) is 0. The lowest BCUT2D eigenvalue weighted by Gasteiger charge is -2.26. The molecule has 3 nitrogen and oxygen atoms in total. The minimum atomic E-state index is 0.912. The van der Waals surface area contributed by atoms with Gasteiger partial charge in [0.15, 0.2) is 0 Å². The summed E-state index contributed by atoms with van der Waals surface area (Å²) >= 11 is 0. The molecule has 0 bridgehead atoms. The summed E-state index contributed by atoms with van der Waals surface area (Å²) < 4.78 is 8.72. The Kier molecular flexibility index (Phi) is 8.17. The van der Waals surface area contributed by atoms with E-state index in [0.717, 1.165) is 44.7 Å². The Hall–Kier alpha value is -8.14. The SMILES string of the molecule is c1ccc(-c2ccc(N(c3ccccc3)c3ccc(-c4cccc(-c5ccc6c(c5)c5cc7ccc8oc9ccccc9c8c7cc5n6-c5ccccc5)c4)cc3)cc2)cc1. The number of hydrogen-bond donors (Lipinski definition) is 0. The molecular weight excluding hydrogens is 741 g/mol. The molecule has 0 aliphatic heterocycles. The number of anilines is 3. The van der Waals surface area contributed by atoms with Gasteiger partial charge in [-0.3, -0.25) is 0 Å². The van der Waals surface area contributed by atoms with Crippen molar-refractivity contribution in [3.63, 3.8) is 0 Å². The van der Waals surface area contributed by atoms with E-state index in [9.17, 15) is 0 Å². The Morgan fingerprint density at radius 3 is 1.59 bits per heavy atom. The predicted octanol–water partition coefficient (Wildman–Crippen LogP) is 16.3. The minimum absolute atomic E-state index is 0.912. The Balaban J connectivity index is 0.934. The maximum absolute atomic E-state index is 6.31. The van der Waals surface area contributed by atoms with Crippen molar-refractivity contribution in [2.45, 2.75) is 0 Å². The van der Waals surface area contributed by atoms with Gasteiger partial charge in [0, 0.05) is 44.3 Å². The molecule has 0 saturated carbocycles. The number of nitrogens with zero attached hydrogens (tertiary/aromatic N) is 2. The minimum Gasteiger partial charge on any atom is -0.456 e. The first kappa shape index (κ1) is 34.9. The molecular formula is C58H38N2O. The zero-order valence-corrected chi connectivity index (χ0v) is 33.2. The summed E-state index contributed by atoms with van der Waals surface area (Å²) in [4.78, 5) is 2.32. The molecule has 0 fully saturated rings. The standard InChI is InChI=1S/C58H38N2O/c1-4-13-39(14-5-1)40-23-29-48(30-24-40)59(46-17-6-2-7-18-46)49-31-25-41(26-32-49)42-15-12-16-43(35-42)44-27-33-54-52(36-44)53-37-45-28-34-57-58(50-21-10-11-22-56(50)61-57)51(45)38-55(53)60(54)47-19-8-3-9-20-47/h1-38H. The van der Waals surface area contributed by atoms with E-state index >= 15 is 0 Å². The summed E-state index contributed by atoms with van der Waals surface area (Å²) in [7, 11) is 0. The van der Waals surface area contributed by atoms with E-state index in [4.69, 9.17) is 4.42 Å². The zero-order chi connectivity index (χ0) is 40.3. The van der Waals surface area contributed by atoms with Crippen LogP contribution in [-0.2, 0) is 0 Å². The molecule has 61 heavy (non-hydrogen) atoms. The molecule has 12 rings (SSSR count). The van der Waals surface area contributed by atoms with Gasteiger partial charge in [0.05, 0.1) is 11.0 Å². The van der Waals surface area contributed by atoms with Gasteiger partial charge in [0.2, 0.25) is 0 Å². The second-order valence-electron chi connectivity index (χ2n) is 15.7. The van der Waals surface area contributed by atoms with Crippen molar-refractivity contribution in [2.75, 3.05) is 4.90 Å². The third-order valence-corrected chi connectivity index (χ3v) is 12.2. The molecule has 0 saturated heterocycles. The lowest BCUT2D eigenvalue weighted by molar-refractivity contribution is 0.669. The first-order chi connectivity index (χ1) is 30.2. The van der Waals surface area contributed by atoms with Crippen LogP contribution >= 0.6 is 0 Å². The number of para-hydroxylation sites is 3. The van der Waals surface area contributed by atoms with Crippen LogP contribution in [0, 0.1) is 0 Å². The fourth-order valence-corrected chi connectivity index (χ4v) is 9.24. The lowest BCUT2D eigenvalue weighted by atomic mass is 9.97. The van der Waals surface area contributed by atoms with Crippen LogP contribution in [0.15, 0.2) is 235 Å². The Morgan fingerprint density at radius 2 is 0.852 bits per heavy atom. The molecule has 0 N–H and O–H groups in total. The highest BCUT2D eigenvalue weighted by molar-refractivity contribution is 6.23. The number of rotatable bonds is 7. The molecule has 286 valence electrons. The van der Waals surface area contributed by atoms with Crippen molar-refractivity contribution in [1.29, 1.82) is 0 Å². The summed E-state index contributed by atoms with van der Waals surface area (Å²) in [6.07, 6.45) is 0. The van der Waals surface area contributed by atoms with Gasteiger partial charge in [0.1, 0.15) is 11.2 Å². The molecule has 0 amide bonds. The third-order valence-electron chi connectivity index (χ3n) is 12.2. The van der Waals surface area contributed by atoms with Gasteiger partial charge in [-0.1, -0.05) is 140 Å². The van der Waals surface area contributed by atoms with Crippen LogP contribution < -0.4 is 4.90 Å². The first-order valence-electron chi connectivity index (χ1n) is 20.8. The highest BCUT2D eigenvalue weighted by atomic mass is 16.3. The molecule has 0 unspecified atom stereocenters. The molecule has 0 aliphatic rings. The average molecular weight is 779 g/mol. The van der Waals surface area contributed by atoms with E-state index in [0.29, 0.717) is 0 Å². The maximum Gasteiger partial charge on any atom is 0.136 e. The Labute approximate surface area is 353 Å². The van der Waals surface area contributed by atoms with E-state index in [-0.39, 0.29) is 0 Å². The number of benzene rings is 10. The smallest absolute Gasteiger partial charge is 0.136 e. The van der Waals surface area contributed by atoms with Gasteiger partial charge in [-0.15, -0.1) is 0 Å². The van der Waals surface area contributed by atoms with E-state index in [1.54, 1.807) is 0 Å². The van der Waals surface area contributed by atoms with Gasteiger partial charge in [-0.2, -0.15) is 0 Å². The van der Waals surface area contributed by atoms with Gasteiger partial charge >= 0.3 is 0 Å². The van der Waals surface area contributed by atoms with E-state index in [1.165, 1.54) is 66.0 Å². The van der Waals surface area contributed by atoms with Crippen LogP contribution in [0.4, 0.5) is 17.1 Å². The molecule has 3 heteroatoms. The fraction of sp³-hybridized carbons (Fsp3) is 0. The number of furan rings is 1. The topological polar surface area (TPSA) is 21.3 Å². The van der Waals surface area contributed by atoms with Gasteiger partial charge in [0.25, 0.3) is 0 Å². The second kappa shape index (κ2) is 14.3. The molecule has 0 spiro atoms. The monoisotopic (exact) mass is 778 g/mol. The van der Waals surface area contributed by atoms with Crippen LogP contribution in [-0.4, -0.2) is 4.57 Å². The van der Waals surface area contributed by atoms with E-state index < -0.39 is 0 Å². The van der Waals surface area contributed by atoms with Crippen LogP contribution in [0.25, 0.3) is 93.6 Å². The summed E-state index contributed by atoms with van der Waals surface area (Å²) in [5.74, 6) is 0. The van der Waals surface area contributed by atoms with Crippen molar-refractivity contribution in [2.24, 2.45) is 0 Å². The Bertz CT molecular complexity index is 3550. The van der Waals surface area contributed by atoms with Crippen LogP contribution in [0.3, 0.4) is 0 Å². The highest BCUT2D eigenvalue weighted by Gasteiger charge is 2.18. The highest BCUT2D eigenvalue weighted by Crippen LogP contribution is 2.42. The second-order valence-corrected chi connectivity index (χ2v) is 15.7. The predicted molar refractivity (Wildman–Crippen MR) is 257 cm³/mol. The van der Waals surface area contributed by atoms with Gasteiger partial charge < -0.3 is 13.9 Å². The van der Waals surface area contributed by atoms with Crippen LogP contribution in [0.2, 0.25) is 0 Å². The molecule has 2 aromatic heterocycles. The molecule has 12 aromatic rings. The molecule has 0 aliphatic carbocycles. The summed E-state index contributed by atoms with van der Waals surface area (Å²) in [6, 6.07) is 82.9. The fourth-order valence-electron chi connectivity index (χ4n) is 9.24. The number of fused-ring (bicyclic) bond motifs is 8. The largest absolute Gasteiger partial charge is 0.456 e. The third kappa shape index (κ3) is 5.98. The van der Waals surface area contributed by atoms with Gasteiger partial charge in [-0.25, -0.2) is 0 Å². The van der Waals surface area contributed by atoms with Crippen LogP contribution in [0.1, 0.15) is 0 Å². The van der Waals surface area contributed by atoms with Crippen molar-refractivity contribution < 1.29 is 4.42 Å². The van der Waals surface area contributed by atoms with Gasteiger partial charge in [-0.05, 0) is 135 Å². The van der Waals surface area contributed by atoms with E-state index in [2.05, 4.69) is 234 Å². The van der Waals surface area contributed by atoms with Crippen molar-refractivity contribution in [3.8, 4) is 39.1 Å². The molecule has 10 aromatic carbocycles. The Morgan fingerprint density at radius 1 is 0.311 bits per heavy atom. The molecule has 2 heterocycles. The van der Waals surface area contributed by atoms with Crippen molar-refractivity contribution in [1.82, 2.24) is 4.57 Å². The molecule has 0 radical (unpaired) electrons. The zero-order valence-electron chi connectivity index (χ0n) is 33.2. The summed E-state index contributed by atoms with van der Waals surface area (Å²) in [5.41, 5.74) is 15.8. The van der Waals surface area contributed by atoms with Crippen LogP contribution in [0.5, 0.6) is 0 Å². The maximum atomic E-state index is 6.31. The first-order valence-corrected chi connectivity index (χ1v) is 20.8. The number of aromatic nitrogens is 1. The molecule has 0 atom stereocenters. The normalized spacial score (nSPS) is 11.6. The van der Waals surface area contributed by atoms with Crippen molar-refractivity contribution >= 4 is 71.6 Å². The lowest BCUT2D eigenvalue weighted by Crippen LogP contribution is -2.09. The number of hydrogen-bond acceptors (Lipinski definition) is 2. The average Bonchev–Trinajstić information content (AvgIpc) is 3.88. The van der Waals surface area contributed by atoms with Crippen molar-refractivity contribution in [3.05, 3.63) is 231 Å². The summed E-state index contributed by atoms with van der Waals surface area (Å²) in [5, 5.41) is 7.15. The van der Waals surface area contributed by atoms with E-state index in [1.807, 2.05) is 6.07 Å². The quantitative estimate of drug-likeness (QED) is 0.161.